The number of amides is 1. The second kappa shape index (κ2) is 5.47. The van der Waals surface area contributed by atoms with Gasteiger partial charge in [0.15, 0.2) is 0 Å². The average Bonchev–Trinajstić information content (AvgIpc) is 2.49. The monoisotopic (exact) mass is 361 g/mol. The lowest BCUT2D eigenvalue weighted by molar-refractivity contribution is -0.118. The molecule has 2 heterocycles. The Bertz CT molecular complexity index is 785. The lowest BCUT2D eigenvalue weighted by Gasteiger charge is -2.28. The van der Waals surface area contributed by atoms with Gasteiger partial charge in [-0.2, -0.15) is 5.26 Å². The van der Waals surface area contributed by atoms with Crippen LogP contribution in [0.25, 0.3) is 0 Å². The lowest BCUT2D eigenvalue weighted by atomic mass is 9.97. The third kappa shape index (κ3) is 2.65. The summed E-state index contributed by atoms with van der Waals surface area (Å²) >= 11 is 9.26. The molecule has 21 heavy (non-hydrogen) atoms. The van der Waals surface area contributed by atoms with Crippen LogP contribution in [0.3, 0.4) is 0 Å². The van der Waals surface area contributed by atoms with Crippen molar-refractivity contribution in [1.82, 2.24) is 4.98 Å². The van der Waals surface area contributed by atoms with E-state index in [0.717, 1.165) is 11.1 Å². The molecule has 0 spiro atoms. The minimum absolute atomic E-state index is 0.0423. The summed E-state index contributed by atoms with van der Waals surface area (Å²) in [6.45, 7) is 0.445. The molecule has 2 aromatic rings. The summed E-state index contributed by atoms with van der Waals surface area (Å²) in [5.41, 5.74) is 2.51. The highest BCUT2D eigenvalue weighted by Crippen LogP contribution is 2.29. The Labute approximate surface area is 135 Å². The van der Waals surface area contributed by atoms with Crippen LogP contribution in [-0.4, -0.2) is 10.9 Å². The smallest absolute Gasteiger partial charge is 0.232 e. The van der Waals surface area contributed by atoms with Crippen LogP contribution in [0.4, 0.5) is 5.82 Å². The third-order valence-electron chi connectivity index (χ3n) is 3.38. The van der Waals surface area contributed by atoms with E-state index >= 15 is 0 Å². The molecule has 0 radical (unpaired) electrons. The van der Waals surface area contributed by atoms with Gasteiger partial charge in [-0.3, -0.25) is 9.69 Å². The number of rotatable bonds is 1. The Morgan fingerprint density at radius 3 is 2.86 bits per heavy atom. The van der Waals surface area contributed by atoms with E-state index in [1.807, 2.05) is 6.07 Å². The minimum Gasteiger partial charge on any atom is -0.292 e. The van der Waals surface area contributed by atoms with E-state index in [4.69, 9.17) is 16.9 Å². The molecule has 1 aromatic carbocycles. The number of halogens is 2. The fourth-order valence-electron chi connectivity index (χ4n) is 2.29. The molecule has 1 aromatic heterocycles. The van der Waals surface area contributed by atoms with Crippen molar-refractivity contribution in [2.75, 3.05) is 4.90 Å². The van der Waals surface area contributed by atoms with E-state index < -0.39 is 0 Å². The topological polar surface area (TPSA) is 57.0 Å². The van der Waals surface area contributed by atoms with Gasteiger partial charge in [0.2, 0.25) is 5.91 Å². The van der Waals surface area contributed by atoms with Crippen molar-refractivity contribution >= 4 is 39.3 Å². The highest BCUT2D eigenvalue weighted by molar-refractivity contribution is 9.10. The lowest BCUT2D eigenvalue weighted by Crippen LogP contribution is -2.36. The zero-order valence-corrected chi connectivity index (χ0v) is 13.1. The third-order valence-corrected chi connectivity index (χ3v) is 4.56. The molecular weight excluding hydrogens is 354 g/mol. The minimum atomic E-state index is -0.0423. The summed E-state index contributed by atoms with van der Waals surface area (Å²) in [4.78, 5) is 18.1. The predicted molar refractivity (Wildman–Crippen MR) is 83.0 cm³/mol. The highest BCUT2D eigenvalue weighted by Gasteiger charge is 2.25. The molecule has 0 fully saturated rings. The second-order valence-corrected chi connectivity index (χ2v) is 5.97. The summed E-state index contributed by atoms with van der Waals surface area (Å²) in [6.07, 6.45) is 1.79. The number of anilines is 1. The van der Waals surface area contributed by atoms with Gasteiger partial charge in [-0.15, -0.1) is 0 Å². The van der Waals surface area contributed by atoms with E-state index in [1.165, 1.54) is 6.20 Å². The molecular formula is C15H9BrClN3O. The van der Waals surface area contributed by atoms with Gasteiger partial charge in [-0.05, 0) is 45.3 Å². The molecule has 0 N–H and O–H groups in total. The Hall–Kier alpha value is -1.90. The van der Waals surface area contributed by atoms with E-state index in [2.05, 4.69) is 27.0 Å². The number of hydrogen-bond acceptors (Lipinski definition) is 3. The Kier molecular flexibility index (Phi) is 3.66. The number of benzene rings is 1. The Balaban J connectivity index is 1.97. The maximum Gasteiger partial charge on any atom is 0.232 e. The van der Waals surface area contributed by atoms with Crippen molar-refractivity contribution in [3.05, 3.63) is 56.6 Å². The van der Waals surface area contributed by atoms with Crippen LogP contribution >= 0.6 is 27.5 Å². The molecule has 0 bridgehead atoms. The van der Waals surface area contributed by atoms with Crippen molar-refractivity contribution in [2.24, 2.45) is 0 Å². The molecule has 0 atom stereocenters. The normalized spacial score (nSPS) is 13.8. The molecule has 1 aliphatic heterocycles. The van der Waals surface area contributed by atoms with Crippen LogP contribution in [0, 0.1) is 11.3 Å². The number of aromatic nitrogens is 1. The van der Waals surface area contributed by atoms with Gasteiger partial charge >= 0.3 is 0 Å². The zero-order valence-electron chi connectivity index (χ0n) is 10.8. The summed E-state index contributed by atoms with van der Waals surface area (Å²) in [5.74, 6) is 0.519. The van der Waals surface area contributed by atoms with Gasteiger partial charge in [0.25, 0.3) is 0 Å². The van der Waals surface area contributed by atoms with Crippen LogP contribution in [0.5, 0.6) is 0 Å². The number of carbonyl (C=O) groups is 1. The summed E-state index contributed by atoms with van der Waals surface area (Å²) in [7, 11) is 0. The molecule has 3 rings (SSSR count). The number of nitriles is 1. The van der Waals surface area contributed by atoms with Gasteiger partial charge in [-0.25, -0.2) is 4.98 Å². The van der Waals surface area contributed by atoms with Gasteiger partial charge in [0.05, 0.1) is 29.6 Å². The van der Waals surface area contributed by atoms with E-state index in [9.17, 15) is 4.79 Å². The number of hydrogen-bond donors (Lipinski definition) is 0. The van der Waals surface area contributed by atoms with Gasteiger partial charge in [0, 0.05) is 10.7 Å². The SMILES string of the molecule is N#Cc1ccc2c(c1)CC(=O)N(c1cc(Br)c(Cl)cn1)C2. The van der Waals surface area contributed by atoms with Crippen LogP contribution in [0.1, 0.15) is 16.7 Å². The first-order chi connectivity index (χ1) is 10.1. The first kappa shape index (κ1) is 14.1. The molecule has 0 saturated heterocycles. The fraction of sp³-hybridized carbons (Fsp3) is 0.133. The predicted octanol–water partition coefficient (Wildman–Crippen LogP) is 3.46. The molecule has 104 valence electrons. The van der Waals surface area contributed by atoms with Crippen LogP contribution in [0.2, 0.25) is 5.02 Å². The Morgan fingerprint density at radius 1 is 1.33 bits per heavy atom. The van der Waals surface area contributed by atoms with Crippen molar-refractivity contribution in [1.29, 1.82) is 5.26 Å². The van der Waals surface area contributed by atoms with E-state index in [1.54, 1.807) is 23.1 Å². The zero-order chi connectivity index (χ0) is 15.0. The number of carbonyl (C=O) groups excluding carboxylic acids is 1. The maximum atomic E-state index is 12.3. The largest absolute Gasteiger partial charge is 0.292 e. The summed E-state index contributed by atoms with van der Waals surface area (Å²) in [5, 5.41) is 9.42. The summed E-state index contributed by atoms with van der Waals surface area (Å²) in [6, 6.07) is 9.24. The van der Waals surface area contributed by atoms with Crippen molar-refractivity contribution in [2.45, 2.75) is 13.0 Å². The average molecular weight is 363 g/mol. The van der Waals surface area contributed by atoms with Crippen LogP contribution < -0.4 is 4.90 Å². The summed E-state index contributed by atoms with van der Waals surface area (Å²) < 4.78 is 0.701. The maximum absolute atomic E-state index is 12.3. The Morgan fingerprint density at radius 2 is 2.14 bits per heavy atom. The molecule has 6 heteroatoms. The highest BCUT2D eigenvalue weighted by atomic mass is 79.9. The van der Waals surface area contributed by atoms with Crippen molar-refractivity contribution in [3.63, 3.8) is 0 Å². The van der Waals surface area contributed by atoms with Crippen LogP contribution in [-0.2, 0) is 17.8 Å². The molecule has 0 saturated carbocycles. The number of pyridine rings is 1. The number of nitrogens with zero attached hydrogens (tertiary/aromatic N) is 3. The van der Waals surface area contributed by atoms with Crippen molar-refractivity contribution in [3.8, 4) is 6.07 Å². The fourth-order valence-corrected chi connectivity index (χ4v) is 2.70. The number of fused-ring (bicyclic) bond motifs is 1. The van der Waals surface area contributed by atoms with Gasteiger partial charge < -0.3 is 0 Å². The molecule has 0 unspecified atom stereocenters. The standard InChI is InChI=1S/C15H9BrClN3O/c16-12-5-14(19-7-13(12)17)20-8-10-2-1-9(6-18)3-11(10)4-15(20)21/h1-3,5,7H,4,8H2. The molecule has 0 aliphatic carbocycles. The van der Waals surface area contributed by atoms with Gasteiger partial charge in [-0.1, -0.05) is 17.7 Å². The molecule has 1 aliphatic rings. The van der Waals surface area contributed by atoms with Crippen molar-refractivity contribution < 1.29 is 4.79 Å². The van der Waals surface area contributed by atoms with E-state index in [-0.39, 0.29) is 12.3 Å². The molecule has 4 nitrogen and oxygen atoms in total. The first-order valence-electron chi connectivity index (χ1n) is 6.22. The van der Waals surface area contributed by atoms with Gasteiger partial charge in [0.1, 0.15) is 5.82 Å². The first-order valence-corrected chi connectivity index (χ1v) is 7.39. The van der Waals surface area contributed by atoms with Crippen LogP contribution in [0.15, 0.2) is 34.9 Å². The second-order valence-electron chi connectivity index (χ2n) is 4.71. The van der Waals surface area contributed by atoms with E-state index in [0.29, 0.717) is 27.4 Å². The quantitative estimate of drug-likeness (QED) is 0.780. The molecule has 1 amide bonds.